The van der Waals surface area contributed by atoms with Gasteiger partial charge < -0.3 is 20.3 Å². The molecule has 1 aromatic carbocycles. The summed E-state index contributed by atoms with van der Waals surface area (Å²) in [5.41, 5.74) is 0.995. The van der Waals surface area contributed by atoms with Gasteiger partial charge in [0.25, 0.3) is 0 Å². The molecule has 2 atom stereocenters. The van der Waals surface area contributed by atoms with Gasteiger partial charge in [-0.1, -0.05) is 0 Å². The Morgan fingerprint density at radius 2 is 2.19 bits per heavy atom. The number of amides is 2. The average Bonchev–Trinajstić information content (AvgIpc) is 3.00. The highest BCUT2D eigenvalue weighted by molar-refractivity contribution is 5.90. The zero-order valence-electron chi connectivity index (χ0n) is 15.1. The Bertz CT molecular complexity index is 684. The quantitative estimate of drug-likeness (QED) is 0.834. The van der Waals surface area contributed by atoms with Crippen molar-refractivity contribution in [3.8, 4) is 0 Å². The van der Waals surface area contributed by atoms with Crippen molar-refractivity contribution >= 4 is 23.4 Å². The normalized spacial score (nSPS) is 23.1. The number of nitrogens with one attached hydrogen (secondary N) is 2. The molecule has 1 aromatic rings. The van der Waals surface area contributed by atoms with Crippen molar-refractivity contribution in [3.63, 3.8) is 0 Å². The lowest BCUT2D eigenvalue weighted by Crippen LogP contribution is -2.47. The van der Waals surface area contributed by atoms with Crippen LogP contribution in [0.5, 0.6) is 0 Å². The van der Waals surface area contributed by atoms with Crippen LogP contribution < -0.4 is 20.4 Å². The molecule has 7 nitrogen and oxygen atoms in total. The van der Waals surface area contributed by atoms with E-state index in [1.165, 1.54) is 17.9 Å². The fourth-order valence-electron chi connectivity index (χ4n) is 3.51. The minimum absolute atomic E-state index is 0.114. The minimum Gasteiger partial charge on any atom is -0.442 e. The van der Waals surface area contributed by atoms with E-state index in [1.807, 2.05) is 11.9 Å². The van der Waals surface area contributed by atoms with Gasteiger partial charge in [-0.15, -0.1) is 0 Å². The average molecular weight is 364 g/mol. The molecule has 2 aliphatic heterocycles. The topological polar surface area (TPSA) is 73.9 Å². The largest absolute Gasteiger partial charge is 0.442 e. The molecule has 0 aromatic heterocycles. The fourth-order valence-corrected chi connectivity index (χ4v) is 3.51. The van der Waals surface area contributed by atoms with E-state index in [4.69, 9.17) is 4.74 Å². The van der Waals surface area contributed by atoms with Gasteiger partial charge in [-0.2, -0.15) is 0 Å². The van der Waals surface area contributed by atoms with E-state index in [0.29, 0.717) is 11.4 Å². The van der Waals surface area contributed by atoms with Crippen LogP contribution in [0.3, 0.4) is 0 Å². The SMILES string of the molecule is CN[C@@H]1CCCCN1c1ccc(N2C[C@H](CNC(C)=O)OC2=O)cc1F. The Morgan fingerprint density at radius 3 is 2.88 bits per heavy atom. The number of halogens is 1. The summed E-state index contributed by atoms with van der Waals surface area (Å²) < 4.78 is 20.0. The van der Waals surface area contributed by atoms with Gasteiger partial charge in [0.05, 0.1) is 30.6 Å². The molecule has 2 saturated heterocycles. The highest BCUT2D eigenvalue weighted by Crippen LogP contribution is 2.30. The summed E-state index contributed by atoms with van der Waals surface area (Å²) in [6.45, 7) is 2.73. The molecule has 2 aliphatic rings. The number of anilines is 2. The van der Waals surface area contributed by atoms with Gasteiger partial charge in [-0.3, -0.25) is 9.69 Å². The first kappa shape index (κ1) is 18.4. The molecule has 0 unspecified atom stereocenters. The lowest BCUT2D eigenvalue weighted by Gasteiger charge is -2.37. The molecule has 26 heavy (non-hydrogen) atoms. The van der Waals surface area contributed by atoms with Gasteiger partial charge >= 0.3 is 6.09 Å². The van der Waals surface area contributed by atoms with E-state index in [0.717, 1.165) is 25.8 Å². The second kappa shape index (κ2) is 7.90. The van der Waals surface area contributed by atoms with Gasteiger partial charge in [-0.25, -0.2) is 9.18 Å². The molecule has 0 saturated carbocycles. The van der Waals surface area contributed by atoms with E-state index in [-0.39, 0.29) is 31.0 Å². The van der Waals surface area contributed by atoms with Crippen LogP contribution in [-0.4, -0.2) is 51.0 Å². The lowest BCUT2D eigenvalue weighted by atomic mass is 10.1. The lowest BCUT2D eigenvalue weighted by molar-refractivity contribution is -0.119. The molecule has 8 heteroatoms. The first-order chi connectivity index (χ1) is 12.5. The summed E-state index contributed by atoms with van der Waals surface area (Å²) in [5, 5.41) is 5.85. The van der Waals surface area contributed by atoms with Crippen molar-refractivity contribution in [2.75, 3.05) is 36.5 Å². The van der Waals surface area contributed by atoms with Crippen molar-refractivity contribution in [3.05, 3.63) is 24.0 Å². The number of carbonyl (C=O) groups excluding carboxylic acids is 2. The number of nitrogens with zero attached hydrogens (tertiary/aromatic N) is 2. The number of hydrogen-bond acceptors (Lipinski definition) is 5. The maximum absolute atomic E-state index is 14.8. The van der Waals surface area contributed by atoms with Gasteiger partial charge in [0.15, 0.2) is 0 Å². The molecule has 2 heterocycles. The smallest absolute Gasteiger partial charge is 0.414 e. The maximum atomic E-state index is 14.8. The van der Waals surface area contributed by atoms with Crippen LogP contribution in [0.4, 0.5) is 20.6 Å². The number of cyclic esters (lactones) is 1. The highest BCUT2D eigenvalue weighted by atomic mass is 19.1. The molecule has 2 fully saturated rings. The molecule has 0 bridgehead atoms. The zero-order valence-corrected chi connectivity index (χ0v) is 15.1. The van der Waals surface area contributed by atoms with Crippen molar-refractivity contribution in [1.82, 2.24) is 10.6 Å². The maximum Gasteiger partial charge on any atom is 0.414 e. The molecular formula is C18H25FN4O3. The Labute approximate surface area is 152 Å². The van der Waals surface area contributed by atoms with Crippen LogP contribution in [0.1, 0.15) is 26.2 Å². The Hall–Kier alpha value is -2.35. The summed E-state index contributed by atoms with van der Waals surface area (Å²) in [6.07, 6.45) is 2.27. The zero-order chi connectivity index (χ0) is 18.7. The standard InChI is InChI=1S/C18H25FN4O3/c1-12(24)21-10-14-11-23(18(25)26-14)13-6-7-16(15(19)9-13)22-8-4-3-5-17(22)20-2/h6-7,9,14,17,20H,3-5,8,10-11H2,1-2H3,(H,21,24)/t14-,17-/m0/s1. The second-order valence-electron chi connectivity index (χ2n) is 6.68. The predicted octanol–water partition coefficient (Wildman–Crippen LogP) is 1.82. The minimum atomic E-state index is -0.529. The van der Waals surface area contributed by atoms with Crippen molar-refractivity contribution in [2.45, 2.75) is 38.5 Å². The molecule has 2 N–H and O–H groups in total. The van der Waals surface area contributed by atoms with Gasteiger partial charge in [0.1, 0.15) is 11.9 Å². The summed E-state index contributed by atoms with van der Waals surface area (Å²) in [5.74, 6) is -0.543. The third kappa shape index (κ3) is 3.90. The summed E-state index contributed by atoms with van der Waals surface area (Å²) in [6, 6.07) is 4.83. The molecule has 2 amide bonds. The number of benzene rings is 1. The summed E-state index contributed by atoms with van der Waals surface area (Å²) in [4.78, 5) is 26.5. The Kier molecular flexibility index (Phi) is 5.61. The highest BCUT2D eigenvalue weighted by Gasteiger charge is 2.33. The number of piperidine rings is 1. The predicted molar refractivity (Wildman–Crippen MR) is 96.7 cm³/mol. The second-order valence-corrected chi connectivity index (χ2v) is 6.68. The van der Waals surface area contributed by atoms with Crippen LogP contribution in [0, 0.1) is 5.82 Å². The van der Waals surface area contributed by atoms with Crippen LogP contribution in [-0.2, 0) is 9.53 Å². The molecular weight excluding hydrogens is 339 g/mol. The molecule has 0 aliphatic carbocycles. The number of ether oxygens (including phenoxy) is 1. The number of hydrogen-bond donors (Lipinski definition) is 2. The van der Waals surface area contributed by atoms with Gasteiger partial charge in [0, 0.05) is 13.5 Å². The fraction of sp³-hybridized carbons (Fsp3) is 0.556. The van der Waals surface area contributed by atoms with Gasteiger partial charge in [0.2, 0.25) is 5.91 Å². The van der Waals surface area contributed by atoms with Crippen molar-refractivity contribution in [1.29, 1.82) is 0 Å². The molecule has 142 valence electrons. The van der Waals surface area contributed by atoms with Gasteiger partial charge in [-0.05, 0) is 44.5 Å². The first-order valence-corrected chi connectivity index (χ1v) is 8.95. The molecule has 0 radical (unpaired) electrons. The van der Waals surface area contributed by atoms with Crippen LogP contribution in [0.2, 0.25) is 0 Å². The van der Waals surface area contributed by atoms with E-state index >= 15 is 0 Å². The third-order valence-electron chi connectivity index (χ3n) is 4.84. The van der Waals surface area contributed by atoms with E-state index in [9.17, 15) is 14.0 Å². The summed E-state index contributed by atoms with van der Waals surface area (Å²) >= 11 is 0. The number of rotatable bonds is 5. The molecule has 0 spiro atoms. The van der Waals surface area contributed by atoms with Crippen molar-refractivity contribution < 1.29 is 18.7 Å². The van der Waals surface area contributed by atoms with Crippen LogP contribution in [0.25, 0.3) is 0 Å². The first-order valence-electron chi connectivity index (χ1n) is 8.95. The Morgan fingerprint density at radius 1 is 1.38 bits per heavy atom. The van der Waals surface area contributed by atoms with E-state index in [2.05, 4.69) is 10.6 Å². The molecule has 3 rings (SSSR count). The van der Waals surface area contributed by atoms with Crippen LogP contribution in [0.15, 0.2) is 18.2 Å². The number of carbonyl (C=O) groups is 2. The van der Waals surface area contributed by atoms with Crippen LogP contribution >= 0.6 is 0 Å². The third-order valence-corrected chi connectivity index (χ3v) is 4.84. The Balaban J connectivity index is 1.73. The van der Waals surface area contributed by atoms with E-state index in [1.54, 1.807) is 12.1 Å². The summed E-state index contributed by atoms with van der Waals surface area (Å²) in [7, 11) is 1.88. The van der Waals surface area contributed by atoms with Crippen molar-refractivity contribution in [2.24, 2.45) is 0 Å². The van der Waals surface area contributed by atoms with E-state index < -0.39 is 12.2 Å². The monoisotopic (exact) mass is 364 g/mol.